The highest BCUT2D eigenvalue weighted by Crippen LogP contribution is 2.28. The molecule has 2 aromatic rings. The molecule has 2 rings (SSSR count). The molecule has 30 heavy (non-hydrogen) atoms. The summed E-state index contributed by atoms with van der Waals surface area (Å²) in [5.74, 6) is -1.48. The molecule has 0 aliphatic carbocycles. The number of unbranched alkanes of at least 4 members (excludes halogenated alkanes) is 3. The molecule has 0 aliphatic heterocycles. The number of carbonyl (C=O) groups excluding carboxylic acids is 2. The maximum Gasteiger partial charge on any atom is 0.425 e. The summed E-state index contributed by atoms with van der Waals surface area (Å²) in [4.78, 5) is 24.3. The lowest BCUT2D eigenvalue weighted by Crippen LogP contribution is -2.33. The van der Waals surface area contributed by atoms with Crippen LogP contribution in [0.2, 0.25) is 0 Å². The number of alkyl halides is 3. The van der Waals surface area contributed by atoms with E-state index in [4.69, 9.17) is 9.47 Å². The van der Waals surface area contributed by atoms with Gasteiger partial charge in [-0.05, 0) is 84.0 Å². The first-order valence-electron chi connectivity index (χ1n) is 9.56. The van der Waals surface area contributed by atoms with Crippen molar-refractivity contribution in [3.8, 4) is 5.75 Å². The van der Waals surface area contributed by atoms with E-state index >= 15 is 0 Å². The van der Waals surface area contributed by atoms with Crippen LogP contribution in [0.5, 0.6) is 5.75 Å². The molecule has 0 saturated heterocycles. The molecule has 0 radical (unpaired) electrons. The molecule has 0 aromatic heterocycles. The average molecular weight is 534 g/mol. The third-order valence-corrected chi connectivity index (χ3v) is 5.03. The summed E-state index contributed by atoms with van der Waals surface area (Å²) >= 11 is 2.11. The Balaban J connectivity index is 1.97. The predicted molar refractivity (Wildman–Crippen MR) is 115 cm³/mol. The van der Waals surface area contributed by atoms with Crippen LogP contribution in [0.4, 0.5) is 13.2 Å². The monoisotopic (exact) mass is 534 g/mol. The van der Waals surface area contributed by atoms with Crippen LogP contribution in [0.25, 0.3) is 0 Å². The average Bonchev–Trinajstić information content (AvgIpc) is 2.70. The molecule has 0 bridgehead atoms. The Labute approximate surface area is 186 Å². The maximum absolute atomic E-state index is 13.2. The van der Waals surface area contributed by atoms with Crippen molar-refractivity contribution in [1.29, 1.82) is 0 Å². The number of hydrogen-bond donors (Lipinski definition) is 0. The second-order valence-electron chi connectivity index (χ2n) is 6.71. The smallest absolute Gasteiger partial charge is 0.425 e. The summed E-state index contributed by atoms with van der Waals surface area (Å²) in [6, 6.07) is 12.0. The lowest BCUT2D eigenvalue weighted by molar-refractivity contribution is -0.206. The van der Waals surface area contributed by atoms with Crippen molar-refractivity contribution in [2.45, 2.75) is 51.3 Å². The van der Waals surface area contributed by atoms with Crippen molar-refractivity contribution in [3.63, 3.8) is 0 Å². The highest BCUT2D eigenvalue weighted by molar-refractivity contribution is 14.1. The lowest BCUT2D eigenvalue weighted by atomic mass is 10.1. The van der Waals surface area contributed by atoms with Gasteiger partial charge in [0.15, 0.2) is 6.10 Å². The Morgan fingerprint density at radius 1 is 0.900 bits per heavy atom. The van der Waals surface area contributed by atoms with E-state index in [-0.39, 0.29) is 17.7 Å². The van der Waals surface area contributed by atoms with Gasteiger partial charge in [-0.1, -0.05) is 26.2 Å². The van der Waals surface area contributed by atoms with Crippen LogP contribution in [0.15, 0.2) is 48.5 Å². The molecule has 2 aromatic carbocycles. The van der Waals surface area contributed by atoms with Crippen molar-refractivity contribution in [1.82, 2.24) is 0 Å². The zero-order valence-electron chi connectivity index (χ0n) is 16.4. The van der Waals surface area contributed by atoms with Crippen LogP contribution >= 0.6 is 22.6 Å². The zero-order chi connectivity index (χ0) is 22.1. The third kappa shape index (κ3) is 7.62. The standard InChI is InChI=1S/C22H22F3IO4/c1-2-3-4-5-6-19(22(23,24)25)30-21(28)16-9-13-18(14-10-16)29-20(27)15-7-11-17(26)12-8-15/h7-14,19H,2-6H2,1H3. The molecular formula is C22H22F3IO4. The molecule has 0 spiro atoms. The lowest BCUT2D eigenvalue weighted by Gasteiger charge is -2.20. The second-order valence-corrected chi connectivity index (χ2v) is 7.95. The molecule has 8 heteroatoms. The quantitative estimate of drug-likeness (QED) is 0.158. The number of halogens is 4. The van der Waals surface area contributed by atoms with Crippen molar-refractivity contribution in [2.24, 2.45) is 0 Å². The minimum absolute atomic E-state index is 0.0492. The number of ether oxygens (including phenoxy) is 2. The number of esters is 2. The van der Waals surface area contributed by atoms with E-state index in [0.717, 1.165) is 16.4 Å². The summed E-state index contributed by atoms with van der Waals surface area (Å²) in [6.45, 7) is 1.96. The second kappa shape index (κ2) is 11.3. The fraction of sp³-hybridized carbons (Fsp3) is 0.364. The topological polar surface area (TPSA) is 52.6 Å². The Bertz CT molecular complexity index is 833. The minimum Gasteiger partial charge on any atom is -0.449 e. The van der Waals surface area contributed by atoms with Gasteiger partial charge in [-0.25, -0.2) is 9.59 Å². The van der Waals surface area contributed by atoms with Crippen molar-refractivity contribution < 1.29 is 32.2 Å². The molecule has 0 saturated carbocycles. The normalized spacial score (nSPS) is 12.3. The molecule has 0 N–H and O–H groups in total. The fourth-order valence-corrected chi connectivity index (χ4v) is 3.01. The van der Waals surface area contributed by atoms with Gasteiger partial charge in [0, 0.05) is 3.57 Å². The molecule has 0 heterocycles. The highest BCUT2D eigenvalue weighted by Gasteiger charge is 2.42. The van der Waals surface area contributed by atoms with Gasteiger partial charge < -0.3 is 9.47 Å². The van der Waals surface area contributed by atoms with Gasteiger partial charge in [0.25, 0.3) is 0 Å². The van der Waals surface area contributed by atoms with Crippen LogP contribution in [-0.2, 0) is 4.74 Å². The zero-order valence-corrected chi connectivity index (χ0v) is 18.5. The van der Waals surface area contributed by atoms with Gasteiger partial charge in [0.2, 0.25) is 0 Å². The van der Waals surface area contributed by atoms with E-state index in [1.165, 1.54) is 24.3 Å². The van der Waals surface area contributed by atoms with Crippen LogP contribution in [0.3, 0.4) is 0 Å². The van der Waals surface area contributed by atoms with Crippen molar-refractivity contribution >= 4 is 34.5 Å². The summed E-state index contributed by atoms with van der Waals surface area (Å²) in [6.07, 6.45) is -4.30. The Hall–Kier alpha value is -2.10. The fourth-order valence-electron chi connectivity index (χ4n) is 2.65. The first-order chi connectivity index (χ1) is 14.2. The van der Waals surface area contributed by atoms with E-state index in [1.807, 2.05) is 6.92 Å². The van der Waals surface area contributed by atoms with E-state index in [9.17, 15) is 22.8 Å². The van der Waals surface area contributed by atoms with E-state index in [2.05, 4.69) is 22.6 Å². The van der Waals surface area contributed by atoms with Crippen LogP contribution in [0.1, 0.15) is 59.7 Å². The number of benzene rings is 2. The summed E-state index contributed by atoms with van der Waals surface area (Å²) in [5, 5.41) is 0. The molecule has 0 aliphatic rings. The summed E-state index contributed by atoms with van der Waals surface area (Å²) in [7, 11) is 0. The number of hydrogen-bond acceptors (Lipinski definition) is 4. The minimum atomic E-state index is -4.62. The third-order valence-electron chi connectivity index (χ3n) is 4.31. The van der Waals surface area contributed by atoms with Gasteiger partial charge in [-0.2, -0.15) is 13.2 Å². The van der Waals surface area contributed by atoms with E-state index < -0.39 is 24.2 Å². The number of rotatable bonds is 9. The summed E-state index contributed by atoms with van der Waals surface area (Å²) in [5.41, 5.74) is 0.307. The Morgan fingerprint density at radius 2 is 1.47 bits per heavy atom. The number of carbonyl (C=O) groups is 2. The van der Waals surface area contributed by atoms with Crippen molar-refractivity contribution in [3.05, 3.63) is 63.2 Å². The molecule has 1 atom stereocenters. The van der Waals surface area contributed by atoms with E-state index in [0.29, 0.717) is 18.4 Å². The first kappa shape index (κ1) is 24.2. The van der Waals surface area contributed by atoms with E-state index in [1.54, 1.807) is 24.3 Å². The van der Waals surface area contributed by atoms with Crippen molar-refractivity contribution in [2.75, 3.05) is 0 Å². The predicted octanol–water partition coefficient (Wildman–Crippen LogP) is 6.57. The van der Waals surface area contributed by atoms with Gasteiger partial charge in [-0.15, -0.1) is 0 Å². The molecular weight excluding hydrogens is 512 g/mol. The Morgan fingerprint density at radius 3 is 2.03 bits per heavy atom. The van der Waals surface area contributed by atoms with Gasteiger partial charge in [-0.3, -0.25) is 0 Å². The molecule has 1 unspecified atom stereocenters. The van der Waals surface area contributed by atoms with Crippen LogP contribution in [0, 0.1) is 3.57 Å². The molecule has 0 amide bonds. The molecule has 0 fully saturated rings. The Kier molecular flexibility index (Phi) is 9.13. The molecule has 162 valence electrons. The van der Waals surface area contributed by atoms with Gasteiger partial charge >= 0.3 is 18.1 Å². The highest BCUT2D eigenvalue weighted by atomic mass is 127. The SMILES string of the molecule is CCCCCCC(OC(=O)c1ccc(OC(=O)c2ccc(I)cc2)cc1)C(F)(F)F. The maximum atomic E-state index is 13.2. The van der Waals surface area contributed by atoms with Crippen LogP contribution in [-0.4, -0.2) is 24.2 Å². The summed E-state index contributed by atoms with van der Waals surface area (Å²) < 4.78 is 50.4. The largest absolute Gasteiger partial charge is 0.449 e. The molecule has 4 nitrogen and oxygen atoms in total. The van der Waals surface area contributed by atoms with Gasteiger partial charge in [0.05, 0.1) is 11.1 Å². The van der Waals surface area contributed by atoms with Gasteiger partial charge in [0.1, 0.15) is 5.75 Å². The first-order valence-corrected chi connectivity index (χ1v) is 10.6. The van der Waals surface area contributed by atoms with Crippen LogP contribution < -0.4 is 4.74 Å².